The summed E-state index contributed by atoms with van der Waals surface area (Å²) in [6.45, 7) is 4.67. The number of carbonyl (C=O) groups is 1. The van der Waals surface area contributed by atoms with Gasteiger partial charge in [0.1, 0.15) is 5.75 Å². The van der Waals surface area contributed by atoms with Crippen LogP contribution in [0.3, 0.4) is 0 Å². The van der Waals surface area contributed by atoms with Crippen molar-refractivity contribution >= 4 is 6.09 Å². The number of aryl methyl sites for hydroxylation is 1. The number of nitrogens with zero attached hydrogens (tertiary/aromatic N) is 4. The molecule has 0 spiro atoms. The van der Waals surface area contributed by atoms with E-state index in [1.54, 1.807) is 11.1 Å². The molecule has 2 aromatic heterocycles. The smallest absolute Gasteiger partial charge is 0.415 e. The summed E-state index contributed by atoms with van der Waals surface area (Å²) in [6, 6.07) is 19.2. The lowest BCUT2D eigenvalue weighted by Gasteiger charge is -2.34. The lowest BCUT2D eigenvalue weighted by Crippen LogP contribution is -2.49. The highest BCUT2D eigenvalue weighted by Crippen LogP contribution is 2.15. The minimum atomic E-state index is -0.283. The van der Waals surface area contributed by atoms with Crippen molar-refractivity contribution in [3.8, 4) is 11.6 Å². The lowest BCUT2D eigenvalue weighted by molar-refractivity contribution is 0.110. The fourth-order valence-corrected chi connectivity index (χ4v) is 3.78. The van der Waals surface area contributed by atoms with Crippen molar-refractivity contribution in [3.63, 3.8) is 0 Å². The first-order valence-electron chi connectivity index (χ1n) is 11.5. The van der Waals surface area contributed by atoms with Crippen LogP contribution in [0.1, 0.15) is 17.7 Å². The number of benzene rings is 1. The van der Waals surface area contributed by atoms with Crippen LogP contribution in [0.15, 0.2) is 73.1 Å². The zero-order valence-corrected chi connectivity index (χ0v) is 18.8. The van der Waals surface area contributed by atoms with Crippen LogP contribution in [0.5, 0.6) is 11.6 Å². The number of hydrogen-bond donors (Lipinski definition) is 0. The van der Waals surface area contributed by atoms with Crippen molar-refractivity contribution in [3.05, 3.63) is 84.3 Å². The number of ether oxygens (including phenoxy) is 2. The average Bonchev–Trinajstić information content (AvgIpc) is 2.87. The SMILES string of the molecule is O=C(Oc1ccc(CCOc2ccccn2)cc1)N1CCN(CCCc2ccccn2)CC1. The molecule has 1 aliphatic heterocycles. The molecule has 33 heavy (non-hydrogen) atoms. The Kier molecular flexibility index (Phi) is 8.25. The highest BCUT2D eigenvalue weighted by Gasteiger charge is 2.22. The van der Waals surface area contributed by atoms with Gasteiger partial charge in [0.05, 0.1) is 6.61 Å². The maximum absolute atomic E-state index is 12.5. The van der Waals surface area contributed by atoms with Crippen LogP contribution in [0.4, 0.5) is 4.79 Å². The van der Waals surface area contributed by atoms with Gasteiger partial charge in [-0.3, -0.25) is 9.88 Å². The summed E-state index contributed by atoms with van der Waals surface area (Å²) in [7, 11) is 0. The van der Waals surface area contributed by atoms with Gasteiger partial charge in [-0.1, -0.05) is 24.3 Å². The Labute approximate surface area is 195 Å². The third-order valence-corrected chi connectivity index (χ3v) is 5.67. The largest absolute Gasteiger partial charge is 0.477 e. The van der Waals surface area contributed by atoms with E-state index >= 15 is 0 Å². The molecule has 3 heterocycles. The van der Waals surface area contributed by atoms with Gasteiger partial charge in [-0.25, -0.2) is 9.78 Å². The standard InChI is InChI=1S/C26H30N4O3/c31-26(30-19-17-29(18-20-30)16-5-7-23-6-1-3-14-27-23)33-24-11-9-22(10-12-24)13-21-32-25-8-2-4-15-28-25/h1-4,6,8-12,14-15H,5,7,13,16-21H2. The van der Waals surface area contributed by atoms with Crippen molar-refractivity contribution < 1.29 is 14.3 Å². The van der Waals surface area contributed by atoms with Crippen LogP contribution in [0.25, 0.3) is 0 Å². The molecule has 172 valence electrons. The van der Waals surface area contributed by atoms with Gasteiger partial charge in [0.25, 0.3) is 0 Å². The number of carbonyl (C=O) groups excluding carboxylic acids is 1. The molecular formula is C26H30N4O3. The van der Waals surface area contributed by atoms with E-state index in [1.807, 2.05) is 60.8 Å². The normalized spacial score (nSPS) is 14.1. The van der Waals surface area contributed by atoms with Crippen molar-refractivity contribution in [1.82, 2.24) is 19.8 Å². The second-order valence-electron chi connectivity index (χ2n) is 8.03. The first kappa shape index (κ1) is 22.7. The Morgan fingerprint density at radius 2 is 1.61 bits per heavy atom. The number of amides is 1. The molecule has 7 nitrogen and oxygen atoms in total. The predicted molar refractivity (Wildman–Crippen MR) is 126 cm³/mol. The van der Waals surface area contributed by atoms with Crippen LogP contribution >= 0.6 is 0 Å². The molecule has 0 saturated carbocycles. The Morgan fingerprint density at radius 1 is 0.848 bits per heavy atom. The first-order chi connectivity index (χ1) is 16.3. The van der Waals surface area contributed by atoms with E-state index in [-0.39, 0.29) is 6.09 Å². The van der Waals surface area contributed by atoms with E-state index in [0.29, 0.717) is 31.3 Å². The minimum Gasteiger partial charge on any atom is -0.477 e. The van der Waals surface area contributed by atoms with Gasteiger partial charge in [0.2, 0.25) is 5.88 Å². The fraction of sp³-hybridized carbons (Fsp3) is 0.346. The van der Waals surface area contributed by atoms with Gasteiger partial charge in [0.15, 0.2) is 0 Å². The van der Waals surface area contributed by atoms with E-state index in [2.05, 4.69) is 20.9 Å². The van der Waals surface area contributed by atoms with E-state index in [0.717, 1.165) is 50.2 Å². The molecule has 1 aliphatic rings. The monoisotopic (exact) mass is 446 g/mol. The first-order valence-corrected chi connectivity index (χ1v) is 11.5. The molecule has 0 bridgehead atoms. The molecule has 4 rings (SSSR count). The van der Waals surface area contributed by atoms with E-state index in [1.165, 1.54) is 0 Å². The van der Waals surface area contributed by atoms with Crippen molar-refractivity contribution in [2.24, 2.45) is 0 Å². The summed E-state index contributed by atoms with van der Waals surface area (Å²) in [4.78, 5) is 25.2. The molecular weight excluding hydrogens is 416 g/mol. The van der Waals surface area contributed by atoms with Gasteiger partial charge in [-0.15, -0.1) is 0 Å². The van der Waals surface area contributed by atoms with Crippen LogP contribution < -0.4 is 9.47 Å². The van der Waals surface area contributed by atoms with Gasteiger partial charge in [-0.05, 0) is 55.3 Å². The quantitative estimate of drug-likeness (QED) is 0.497. The molecule has 7 heteroatoms. The summed E-state index contributed by atoms with van der Waals surface area (Å²) in [5, 5.41) is 0. The van der Waals surface area contributed by atoms with Crippen LogP contribution in [0.2, 0.25) is 0 Å². The molecule has 3 aromatic rings. The van der Waals surface area contributed by atoms with Gasteiger partial charge >= 0.3 is 6.09 Å². The second kappa shape index (κ2) is 12.0. The maximum atomic E-state index is 12.5. The average molecular weight is 447 g/mol. The van der Waals surface area contributed by atoms with Gasteiger partial charge in [0, 0.05) is 56.8 Å². The molecule has 1 fully saturated rings. The molecule has 1 saturated heterocycles. The molecule has 1 amide bonds. The number of piperazine rings is 1. The third kappa shape index (κ3) is 7.29. The third-order valence-electron chi connectivity index (χ3n) is 5.67. The summed E-state index contributed by atoms with van der Waals surface area (Å²) < 4.78 is 11.2. The Bertz CT molecular complexity index is 975. The van der Waals surface area contributed by atoms with Crippen LogP contribution in [-0.4, -0.2) is 65.2 Å². The summed E-state index contributed by atoms with van der Waals surface area (Å²) >= 11 is 0. The molecule has 1 aromatic carbocycles. The van der Waals surface area contributed by atoms with Crippen LogP contribution in [-0.2, 0) is 12.8 Å². The zero-order chi connectivity index (χ0) is 22.7. The zero-order valence-electron chi connectivity index (χ0n) is 18.8. The Hall–Kier alpha value is -3.45. The van der Waals surface area contributed by atoms with E-state index in [9.17, 15) is 4.79 Å². The molecule has 0 atom stereocenters. The summed E-state index contributed by atoms with van der Waals surface area (Å²) in [5.41, 5.74) is 2.25. The highest BCUT2D eigenvalue weighted by atomic mass is 16.6. The van der Waals surface area contributed by atoms with Gasteiger partial charge in [-0.2, -0.15) is 0 Å². The summed E-state index contributed by atoms with van der Waals surface area (Å²) in [6.07, 6.45) is 6.07. The Balaban J connectivity index is 1.14. The molecule has 0 aliphatic carbocycles. The maximum Gasteiger partial charge on any atom is 0.415 e. The highest BCUT2D eigenvalue weighted by molar-refractivity contribution is 5.70. The second-order valence-corrected chi connectivity index (χ2v) is 8.03. The minimum absolute atomic E-state index is 0.283. The topological polar surface area (TPSA) is 67.8 Å². The van der Waals surface area contributed by atoms with Crippen molar-refractivity contribution in [1.29, 1.82) is 0 Å². The number of pyridine rings is 2. The van der Waals surface area contributed by atoms with E-state index < -0.39 is 0 Å². The molecule has 0 N–H and O–H groups in total. The Morgan fingerprint density at radius 3 is 2.30 bits per heavy atom. The predicted octanol–water partition coefficient (Wildman–Crippen LogP) is 3.85. The van der Waals surface area contributed by atoms with Gasteiger partial charge < -0.3 is 14.4 Å². The van der Waals surface area contributed by atoms with Crippen molar-refractivity contribution in [2.45, 2.75) is 19.3 Å². The number of rotatable bonds is 9. The molecule has 0 unspecified atom stereocenters. The lowest BCUT2D eigenvalue weighted by atomic mass is 10.1. The summed E-state index contributed by atoms with van der Waals surface area (Å²) in [5.74, 6) is 1.18. The van der Waals surface area contributed by atoms with E-state index in [4.69, 9.17) is 9.47 Å². The fourth-order valence-electron chi connectivity index (χ4n) is 3.78. The number of aromatic nitrogens is 2. The van der Waals surface area contributed by atoms with Crippen LogP contribution in [0, 0.1) is 0 Å². The number of hydrogen-bond acceptors (Lipinski definition) is 6. The van der Waals surface area contributed by atoms with Crippen molar-refractivity contribution in [2.75, 3.05) is 39.3 Å². The molecule has 0 radical (unpaired) electrons.